The number of ether oxygens (including phenoxy) is 2. The largest absolute Gasteiger partial charge is 0.490 e. The summed E-state index contributed by atoms with van der Waals surface area (Å²) < 4.78 is 38.1. The number of hydrogen-bond donors (Lipinski definition) is 2. The predicted octanol–water partition coefficient (Wildman–Crippen LogP) is 3.75. The number of nitrogens with one attached hydrogen (secondary N) is 2. The Labute approximate surface area is 203 Å². The van der Waals surface area contributed by atoms with Crippen LogP contribution < -0.4 is 19.6 Å². The molecule has 8 nitrogen and oxygen atoms in total. The first-order valence-corrected chi connectivity index (χ1v) is 12.2. The van der Waals surface area contributed by atoms with E-state index in [-0.39, 0.29) is 4.90 Å². The summed E-state index contributed by atoms with van der Waals surface area (Å²) in [6, 6.07) is 20.4. The average molecular weight is 502 g/mol. The molecule has 0 saturated heterocycles. The quantitative estimate of drug-likeness (QED) is 0.307. The number of hydrogen-bond acceptors (Lipinski definition) is 6. The third-order valence-corrected chi connectivity index (χ3v) is 6.12. The molecular weight excluding hydrogens is 478 g/mol. The minimum atomic E-state index is -3.78. The third kappa shape index (κ3) is 7.58. The van der Waals surface area contributed by atoms with Crippen molar-refractivity contribution >= 4 is 33.7 Å². The minimum Gasteiger partial charge on any atom is -0.490 e. The SMILES string of the molecule is CCOc1cc(/C=N\NC(=O)CNS(=O)(=O)c2ccccc2)ccc1OCc1ccc(Cl)cc1. The fourth-order valence-electron chi connectivity index (χ4n) is 2.80. The van der Waals surface area contributed by atoms with Gasteiger partial charge in [-0.05, 0) is 60.5 Å². The highest BCUT2D eigenvalue weighted by Crippen LogP contribution is 2.29. The zero-order valence-corrected chi connectivity index (χ0v) is 20.0. The van der Waals surface area contributed by atoms with E-state index in [4.69, 9.17) is 21.1 Å². The Morgan fingerprint density at radius 3 is 2.44 bits per heavy atom. The van der Waals surface area contributed by atoms with Gasteiger partial charge in [0.1, 0.15) is 6.61 Å². The molecule has 0 spiro atoms. The fourth-order valence-corrected chi connectivity index (χ4v) is 3.93. The number of sulfonamides is 1. The molecule has 0 radical (unpaired) electrons. The maximum absolute atomic E-state index is 12.2. The smallest absolute Gasteiger partial charge is 0.255 e. The molecule has 0 aliphatic carbocycles. The molecule has 0 unspecified atom stereocenters. The second kappa shape index (κ2) is 12.2. The van der Waals surface area contributed by atoms with E-state index < -0.39 is 22.5 Å². The molecule has 2 N–H and O–H groups in total. The van der Waals surface area contributed by atoms with Gasteiger partial charge in [-0.3, -0.25) is 4.79 Å². The van der Waals surface area contributed by atoms with Crippen molar-refractivity contribution in [1.29, 1.82) is 0 Å². The van der Waals surface area contributed by atoms with Gasteiger partial charge in [0.2, 0.25) is 10.0 Å². The highest BCUT2D eigenvalue weighted by molar-refractivity contribution is 7.89. The van der Waals surface area contributed by atoms with Gasteiger partial charge in [-0.25, -0.2) is 18.6 Å². The summed E-state index contributed by atoms with van der Waals surface area (Å²) in [5.74, 6) is 0.486. The van der Waals surface area contributed by atoms with Crippen molar-refractivity contribution in [1.82, 2.24) is 10.1 Å². The second-order valence-corrected chi connectivity index (χ2v) is 9.19. The summed E-state index contributed by atoms with van der Waals surface area (Å²) in [4.78, 5) is 12.0. The lowest BCUT2D eigenvalue weighted by Gasteiger charge is -2.12. The molecule has 0 bridgehead atoms. The maximum atomic E-state index is 12.2. The van der Waals surface area contributed by atoms with E-state index in [1.165, 1.54) is 18.3 Å². The molecule has 0 fully saturated rings. The molecule has 0 aliphatic rings. The summed E-state index contributed by atoms with van der Waals surface area (Å²) in [7, 11) is -3.78. The summed E-state index contributed by atoms with van der Waals surface area (Å²) in [5.41, 5.74) is 3.91. The van der Waals surface area contributed by atoms with Crippen LogP contribution in [0.2, 0.25) is 5.02 Å². The minimum absolute atomic E-state index is 0.0770. The van der Waals surface area contributed by atoms with Gasteiger partial charge in [0.05, 0.1) is 24.3 Å². The molecule has 178 valence electrons. The van der Waals surface area contributed by atoms with Crippen LogP contribution in [0.25, 0.3) is 0 Å². The monoisotopic (exact) mass is 501 g/mol. The van der Waals surface area contributed by atoms with Gasteiger partial charge in [-0.15, -0.1) is 0 Å². The van der Waals surface area contributed by atoms with Crippen molar-refractivity contribution in [3.8, 4) is 11.5 Å². The average Bonchev–Trinajstić information content (AvgIpc) is 2.84. The second-order valence-electron chi connectivity index (χ2n) is 6.99. The zero-order valence-electron chi connectivity index (χ0n) is 18.4. The Morgan fingerprint density at radius 2 is 1.74 bits per heavy atom. The molecule has 1 amide bonds. The molecule has 0 atom stereocenters. The lowest BCUT2D eigenvalue weighted by atomic mass is 10.2. The van der Waals surface area contributed by atoms with Crippen molar-refractivity contribution < 1.29 is 22.7 Å². The topological polar surface area (TPSA) is 106 Å². The van der Waals surface area contributed by atoms with Gasteiger partial charge in [-0.1, -0.05) is 41.9 Å². The lowest BCUT2D eigenvalue weighted by Crippen LogP contribution is -2.34. The molecule has 3 aromatic carbocycles. The number of carbonyl (C=O) groups excluding carboxylic acids is 1. The van der Waals surface area contributed by atoms with Crippen molar-refractivity contribution in [2.75, 3.05) is 13.2 Å². The molecule has 34 heavy (non-hydrogen) atoms. The molecule has 0 saturated carbocycles. The molecule has 0 aromatic heterocycles. The number of halogens is 1. The Bertz CT molecular complexity index is 1230. The predicted molar refractivity (Wildman–Crippen MR) is 131 cm³/mol. The van der Waals surface area contributed by atoms with Crippen LogP contribution in [0.15, 0.2) is 82.8 Å². The lowest BCUT2D eigenvalue weighted by molar-refractivity contribution is -0.119. The normalized spacial score (nSPS) is 11.4. The molecule has 3 rings (SSSR count). The van der Waals surface area contributed by atoms with Crippen molar-refractivity contribution in [3.05, 3.63) is 88.9 Å². The van der Waals surface area contributed by atoms with Gasteiger partial charge in [0.15, 0.2) is 11.5 Å². The standard InChI is InChI=1S/C24H24ClN3O5S/c1-2-32-23-14-19(10-13-22(23)33-17-18-8-11-20(25)12-9-18)15-26-28-24(29)16-27-34(30,31)21-6-4-3-5-7-21/h3-15,27H,2,16-17H2,1H3,(H,28,29)/b26-15-. The number of amides is 1. The van der Waals surface area contributed by atoms with Crippen LogP contribution in [0.4, 0.5) is 0 Å². The first-order chi connectivity index (χ1) is 16.4. The van der Waals surface area contributed by atoms with E-state index in [0.717, 1.165) is 5.56 Å². The molecule has 0 aliphatic heterocycles. The van der Waals surface area contributed by atoms with Crippen LogP contribution in [-0.4, -0.2) is 33.7 Å². The summed E-state index contributed by atoms with van der Waals surface area (Å²) in [5, 5.41) is 4.54. The maximum Gasteiger partial charge on any atom is 0.255 e. The van der Waals surface area contributed by atoms with E-state index in [9.17, 15) is 13.2 Å². The Balaban J connectivity index is 1.55. The molecule has 0 heterocycles. The highest BCUT2D eigenvalue weighted by Gasteiger charge is 2.14. The van der Waals surface area contributed by atoms with Gasteiger partial charge in [0, 0.05) is 5.02 Å². The van der Waals surface area contributed by atoms with E-state index in [1.54, 1.807) is 48.5 Å². The molecule has 10 heteroatoms. The number of nitrogens with zero attached hydrogens (tertiary/aromatic N) is 1. The van der Waals surface area contributed by atoms with Crippen LogP contribution >= 0.6 is 11.6 Å². The zero-order chi connectivity index (χ0) is 24.4. The van der Waals surface area contributed by atoms with Crippen molar-refractivity contribution in [2.45, 2.75) is 18.4 Å². The summed E-state index contributed by atoms with van der Waals surface area (Å²) >= 11 is 5.91. The number of hydrazone groups is 1. The first kappa shape index (κ1) is 25.2. The summed E-state index contributed by atoms with van der Waals surface area (Å²) in [6.45, 7) is 2.20. The van der Waals surface area contributed by atoms with E-state index in [2.05, 4.69) is 15.2 Å². The van der Waals surface area contributed by atoms with Crippen molar-refractivity contribution in [2.24, 2.45) is 5.10 Å². The first-order valence-electron chi connectivity index (χ1n) is 10.4. The van der Waals surface area contributed by atoms with Crippen LogP contribution in [-0.2, 0) is 21.4 Å². The number of carbonyl (C=O) groups is 1. The summed E-state index contributed by atoms with van der Waals surface area (Å²) in [6.07, 6.45) is 1.43. The van der Waals surface area contributed by atoms with Gasteiger partial charge in [0.25, 0.3) is 5.91 Å². The number of rotatable bonds is 11. The van der Waals surface area contributed by atoms with Gasteiger partial charge < -0.3 is 9.47 Å². The Hall–Kier alpha value is -3.40. The fraction of sp³-hybridized carbons (Fsp3) is 0.167. The van der Waals surface area contributed by atoms with Gasteiger partial charge >= 0.3 is 0 Å². The third-order valence-electron chi connectivity index (χ3n) is 4.45. The van der Waals surface area contributed by atoms with Crippen molar-refractivity contribution in [3.63, 3.8) is 0 Å². The highest BCUT2D eigenvalue weighted by atomic mass is 35.5. The van der Waals surface area contributed by atoms with E-state index in [1.807, 2.05) is 19.1 Å². The van der Waals surface area contributed by atoms with Crippen LogP contribution in [0.5, 0.6) is 11.5 Å². The van der Waals surface area contributed by atoms with E-state index in [0.29, 0.717) is 35.3 Å². The Kier molecular flexibility index (Phi) is 9.03. The van der Waals surface area contributed by atoms with E-state index >= 15 is 0 Å². The van der Waals surface area contributed by atoms with Crippen LogP contribution in [0.1, 0.15) is 18.1 Å². The van der Waals surface area contributed by atoms with Crippen LogP contribution in [0, 0.1) is 0 Å². The molecular formula is C24H24ClN3O5S. The van der Waals surface area contributed by atoms with Gasteiger partial charge in [-0.2, -0.15) is 5.10 Å². The molecule has 3 aromatic rings. The Morgan fingerprint density at radius 1 is 1.00 bits per heavy atom. The van der Waals surface area contributed by atoms with Crippen LogP contribution in [0.3, 0.4) is 0 Å². The number of benzene rings is 3.